The maximum absolute atomic E-state index is 12.9. The zero-order valence-corrected chi connectivity index (χ0v) is 17.2. The minimum Gasteiger partial charge on any atom is -0.465 e. The van der Waals surface area contributed by atoms with Crippen molar-refractivity contribution < 1.29 is 14.3 Å². The van der Waals surface area contributed by atoms with Crippen LogP contribution >= 0.6 is 11.6 Å². The lowest BCUT2D eigenvalue weighted by molar-refractivity contribution is 0.0600. The third-order valence-corrected chi connectivity index (χ3v) is 4.73. The molecule has 0 saturated heterocycles. The van der Waals surface area contributed by atoms with E-state index in [0.29, 0.717) is 22.8 Å². The van der Waals surface area contributed by atoms with Gasteiger partial charge in [0.15, 0.2) is 0 Å². The minimum atomic E-state index is -0.404. The van der Waals surface area contributed by atoms with E-state index in [-0.39, 0.29) is 5.91 Å². The van der Waals surface area contributed by atoms with E-state index in [1.807, 2.05) is 48.0 Å². The van der Waals surface area contributed by atoms with Gasteiger partial charge in [0.2, 0.25) is 0 Å². The van der Waals surface area contributed by atoms with E-state index in [9.17, 15) is 9.59 Å². The molecule has 0 unspecified atom stereocenters. The van der Waals surface area contributed by atoms with E-state index in [1.165, 1.54) is 7.11 Å². The Kier molecular flexibility index (Phi) is 6.24. The number of hydrogen-bond acceptors (Lipinski definition) is 4. The number of benzene rings is 2. The first-order valence-corrected chi connectivity index (χ1v) is 9.39. The number of carbonyl (C=O) groups excluding carboxylic acids is 2. The second kappa shape index (κ2) is 8.84. The minimum absolute atomic E-state index is 0.230. The van der Waals surface area contributed by atoms with Gasteiger partial charge in [0.25, 0.3) is 5.91 Å². The highest BCUT2D eigenvalue weighted by Gasteiger charge is 2.15. The van der Waals surface area contributed by atoms with Gasteiger partial charge in [-0.2, -0.15) is 0 Å². The quantitative estimate of drug-likeness (QED) is 0.490. The number of aromatic nitrogens is 1. The highest BCUT2D eigenvalue weighted by atomic mass is 35.5. The Morgan fingerprint density at radius 3 is 2.38 bits per heavy atom. The summed E-state index contributed by atoms with van der Waals surface area (Å²) < 4.78 is 6.60. The Morgan fingerprint density at radius 2 is 1.76 bits per heavy atom. The van der Waals surface area contributed by atoms with Gasteiger partial charge < -0.3 is 9.30 Å². The number of carbonyl (C=O) groups is 2. The molecule has 150 valence electrons. The molecule has 1 aromatic heterocycles. The standard InChI is InChI=1S/C22H22ClN3O3/c1-15-12-20(26(13-15)14-16-4-8-18(23)9-5-16)21(27)24-25(2)19-10-6-17(7-11-19)22(28)29-3/h4-13H,14H2,1-3H3,(H,24,27). The van der Waals surface area contributed by atoms with Crippen molar-refractivity contribution in [3.05, 3.63) is 88.2 Å². The van der Waals surface area contributed by atoms with Gasteiger partial charge in [-0.05, 0) is 60.5 Å². The molecule has 3 aromatic rings. The van der Waals surface area contributed by atoms with Crippen LogP contribution in [0.25, 0.3) is 0 Å². The SMILES string of the molecule is COC(=O)c1ccc(N(C)NC(=O)c2cc(C)cn2Cc2ccc(Cl)cc2)cc1. The molecule has 0 atom stereocenters. The Hall–Kier alpha value is -3.25. The number of nitrogens with one attached hydrogen (secondary N) is 1. The van der Waals surface area contributed by atoms with Crippen LogP contribution in [-0.2, 0) is 11.3 Å². The van der Waals surface area contributed by atoms with Gasteiger partial charge in [0, 0.05) is 24.8 Å². The van der Waals surface area contributed by atoms with E-state index < -0.39 is 5.97 Å². The summed E-state index contributed by atoms with van der Waals surface area (Å²) in [4.78, 5) is 24.4. The second-order valence-electron chi connectivity index (χ2n) is 6.70. The summed E-state index contributed by atoms with van der Waals surface area (Å²) in [7, 11) is 3.08. The maximum Gasteiger partial charge on any atom is 0.337 e. The molecule has 0 aliphatic heterocycles. The van der Waals surface area contributed by atoms with Crippen LogP contribution in [0.5, 0.6) is 0 Å². The fourth-order valence-corrected chi connectivity index (χ4v) is 3.10. The summed E-state index contributed by atoms with van der Waals surface area (Å²) in [5.41, 5.74) is 6.64. The number of ether oxygens (including phenoxy) is 1. The monoisotopic (exact) mass is 411 g/mol. The van der Waals surface area contributed by atoms with E-state index in [0.717, 1.165) is 16.8 Å². The van der Waals surface area contributed by atoms with Crippen LogP contribution in [0, 0.1) is 6.92 Å². The summed E-state index contributed by atoms with van der Waals surface area (Å²) in [6.07, 6.45) is 1.94. The van der Waals surface area contributed by atoms with Crippen LogP contribution in [0.4, 0.5) is 5.69 Å². The molecule has 1 amide bonds. The summed E-state index contributed by atoms with van der Waals surface area (Å²) in [5.74, 6) is -0.634. The lowest BCUT2D eigenvalue weighted by Gasteiger charge is -2.21. The molecule has 1 heterocycles. The summed E-state index contributed by atoms with van der Waals surface area (Å²) >= 11 is 5.95. The van der Waals surface area contributed by atoms with Gasteiger partial charge in [-0.15, -0.1) is 0 Å². The number of nitrogens with zero attached hydrogens (tertiary/aromatic N) is 2. The van der Waals surface area contributed by atoms with Gasteiger partial charge in [0.05, 0.1) is 18.4 Å². The van der Waals surface area contributed by atoms with E-state index >= 15 is 0 Å². The molecule has 1 N–H and O–H groups in total. The topological polar surface area (TPSA) is 63.6 Å². The van der Waals surface area contributed by atoms with Crippen LogP contribution in [-0.4, -0.2) is 30.6 Å². The van der Waals surface area contributed by atoms with Crippen LogP contribution in [0.15, 0.2) is 60.8 Å². The Balaban J connectivity index is 1.73. The van der Waals surface area contributed by atoms with Crippen molar-refractivity contribution in [2.75, 3.05) is 19.2 Å². The molecule has 0 aliphatic carbocycles. The molecule has 0 radical (unpaired) electrons. The number of methoxy groups -OCH3 is 1. The van der Waals surface area contributed by atoms with Crippen LogP contribution in [0.3, 0.4) is 0 Å². The van der Waals surface area contributed by atoms with E-state index in [2.05, 4.69) is 5.43 Å². The molecule has 2 aromatic carbocycles. The summed E-state index contributed by atoms with van der Waals surface area (Å²) in [6, 6.07) is 16.2. The van der Waals surface area contributed by atoms with Gasteiger partial charge in [0.1, 0.15) is 5.69 Å². The number of anilines is 1. The van der Waals surface area contributed by atoms with Crippen molar-refractivity contribution in [3.63, 3.8) is 0 Å². The van der Waals surface area contributed by atoms with Gasteiger partial charge in [-0.25, -0.2) is 4.79 Å². The first kappa shape index (κ1) is 20.5. The molecule has 0 saturated carbocycles. The summed E-state index contributed by atoms with van der Waals surface area (Å²) in [6.45, 7) is 2.51. The molecule has 0 aliphatic rings. The van der Waals surface area contributed by atoms with Crippen molar-refractivity contribution in [3.8, 4) is 0 Å². The van der Waals surface area contributed by atoms with Crippen molar-refractivity contribution in [1.29, 1.82) is 0 Å². The van der Waals surface area contributed by atoms with Crippen molar-refractivity contribution in [2.24, 2.45) is 0 Å². The van der Waals surface area contributed by atoms with Crippen molar-refractivity contribution in [1.82, 2.24) is 9.99 Å². The number of aryl methyl sites for hydroxylation is 1. The molecule has 0 fully saturated rings. The fraction of sp³-hybridized carbons (Fsp3) is 0.182. The highest BCUT2D eigenvalue weighted by molar-refractivity contribution is 6.30. The Bertz CT molecular complexity index is 1010. The van der Waals surface area contributed by atoms with Crippen molar-refractivity contribution >= 4 is 29.2 Å². The van der Waals surface area contributed by atoms with Crippen LogP contribution in [0.1, 0.15) is 32.0 Å². The summed E-state index contributed by atoms with van der Waals surface area (Å²) in [5, 5.41) is 2.29. The van der Waals surface area contributed by atoms with Gasteiger partial charge in [-0.1, -0.05) is 23.7 Å². The molecular weight excluding hydrogens is 390 g/mol. The molecule has 29 heavy (non-hydrogen) atoms. The van der Waals surface area contributed by atoms with Gasteiger partial charge in [-0.3, -0.25) is 15.2 Å². The first-order chi connectivity index (χ1) is 13.9. The average molecular weight is 412 g/mol. The molecule has 3 rings (SSSR count). The lowest BCUT2D eigenvalue weighted by Crippen LogP contribution is -2.40. The third kappa shape index (κ3) is 4.97. The smallest absolute Gasteiger partial charge is 0.337 e. The highest BCUT2D eigenvalue weighted by Crippen LogP contribution is 2.16. The van der Waals surface area contributed by atoms with Crippen LogP contribution < -0.4 is 10.4 Å². The predicted octanol–water partition coefficient (Wildman–Crippen LogP) is 4.07. The van der Waals surface area contributed by atoms with E-state index in [4.69, 9.17) is 16.3 Å². The Labute approximate surface area is 174 Å². The maximum atomic E-state index is 12.9. The third-order valence-electron chi connectivity index (χ3n) is 4.48. The van der Waals surface area contributed by atoms with Crippen LogP contribution in [0.2, 0.25) is 5.02 Å². The molecule has 7 heteroatoms. The number of hydrogen-bond donors (Lipinski definition) is 1. The zero-order chi connectivity index (χ0) is 21.0. The molecule has 0 spiro atoms. The molecule has 6 nitrogen and oxygen atoms in total. The number of rotatable bonds is 6. The average Bonchev–Trinajstić information content (AvgIpc) is 3.09. The second-order valence-corrected chi connectivity index (χ2v) is 7.13. The van der Waals surface area contributed by atoms with Gasteiger partial charge >= 0.3 is 5.97 Å². The normalized spacial score (nSPS) is 10.5. The predicted molar refractivity (Wildman–Crippen MR) is 113 cm³/mol. The van der Waals surface area contributed by atoms with Crippen molar-refractivity contribution in [2.45, 2.75) is 13.5 Å². The molecule has 0 bridgehead atoms. The number of amides is 1. The number of esters is 1. The lowest BCUT2D eigenvalue weighted by atomic mass is 10.2. The number of halogens is 1. The zero-order valence-electron chi connectivity index (χ0n) is 16.5. The number of hydrazine groups is 1. The largest absolute Gasteiger partial charge is 0.465 e. The first-order valence-electron chi connectivity index (χ1n) is 9.01. The Morgan fingerprint density at radius 1 is 1.10 bits per heavy atom. The van der Waals surface area contributed by atoms with E-state index in [1.54, 1.807) is 36.3 Å². The fourth-order valence-electron chi connectivity index (χ4n) is 2.98. The molecular formula is C22H22ClN3O3.